The Labute approximate surface area is 223 Å². The Balaban J connectivity index is 0.000000374. The molecule has 2 saturated heterocycles. The van der Waals surface area contributed by atoms with Crippen LogP contribution in [-0.4, -0.2) is 73.3 Å². The summed E-state index contributed by atoms with van der Waals surface area (Å²) in [6.07, 6.45) is 0.845. The number of H-pyrrole nitrogens is 1. The summed E-state index contributed by atoms with van der Waals surface area (Å²) in [6.45, 7) is 6.21. The van der Waals surface area contributed by atoms with Crippen LogP contribution in [-0.2, 0) is 11.2 Å². The van der Waals surface area contributed by atoms with Gasteiger partial charge < -0.3 is 20.3 Å². The highest BCUT2D eigenvalue weighted by molar-refractivity contribution is 7.99. The second kappa shape index (κ2) is 10.5. The summed E-state index contributed by atoms with van der Waals surface area (Å²) in [7, 11) is 0. The van der Waals surface area contributed by atoms with Crippen LogP contribution in [0.2, 0.25) is 5.02 Å². The third-order valence-corrected chi connectivity index (χ3v) is 7.66. The topological polar surface area (TPSA) is 133 Å². The molecule has 6 rings (SSSR count). The van der Waals surface area contributed by atoms with Gasteiger partial charge in [-0.2, -0.15) is 13.2 Å². The first-order valence-corrected chi connectivity index (χ1v) is 12.9. The van der Waals surface area contributed by atoms with Crippen molar-refractivity contribution in [3.63, 3.8) is 0 Å². The molecule has 4 aromatic rings. The number of hydrogen-bond acceptors (Lipinski definition) is 9. The Morgan fingerprint density at radius 1 is 1.18 bits per heavy atom. The molecule has 0 spiro atoms. The normalized spacial score (nSPS) is 19.0. The van der Waals surface area contributed by atoms with E-state index in [1.807, 2.05) is 6.07 Å². The van der Waals surface area contributed by atoms with Crippen molar-refractivity contribution in [3.05, 3.63) is 35.4 Å². The van der Waals surface area contributed by atoms with Crippen LogP contribution in [0.5, 0.6) is 0 Å². The molecule has 3 N–H and O–H groups in total. The number of alkyl halides is 3. The number of anilines is 1. The fraction of sp³-hybridized carbons (Fsp3) is 0.391. The molecule has 10 nitrogen and oxygen atoms in total. The second-order valence-electron chi connectivity index (χ2n) is 8.88. The van der Waals surface area contributed by atoms with Gasteiger partial charge in [0, 0.05) is 55.4 Å². The molecule has 2 aliphatic heterocycles. The van der Waals surface area contributed by atoms with Crippen LogP contribution in [0.25, 0.3) is 22.2 Å². The number of aliphatic carboxylic acids is 1. The van der Waals surface area contributed by atoms with Crippen molar-refractivity contribution in [2.75, 3.05) is 31.1 Å². The molecular weight excluding hydrogens is 545 g/mol. The molecule has 0 aliphatic carbocycles. The average molecular weight is 567 g/mol. The van der Waals surface area contributed by atoms with E-state index in [1.165, 1.54) is 11.8 Å². The summed E-state index contributed by atoms with van der Waals surface area (Å²) in [4.78, 5) is 38.4. The van der Waals surface area contributed by atoms with E-state index in [9.17, 15) is 13.2 Å². The summed E-state index contributed by atoms with van der Waals surface area (Å²) in [5.74, 6) is -0.510. The van der Waals surface area contributed by atoms with E-state index >= 15 is 0 Å². The van der Waals surface area contributed by atoms with Gasteiger partial charge in [-0.3, -0.25) is 4.98 Å². The molecule has 200 valence electrons. The summed E-state index contributed by atoms with van der Waals surface area (Å²) in [5.41, 5.74) is 3.17. The first-order chi connectivity index (χ1) is 18.1. The minimum atomic E-state index is -5.08. The predicted octanol–water partition coefficient (Wildman–Crippen LogP) is 3.95. The number of aryl methyl sites for hydroxylation is 1. The molecule has 4 aromatic heterocycles. The summed E-state index contributed by atoms with van der Waals surface area (Å²) >= 11 is 8.24. The Kier molecular flexibility index (Phi) is 7.29. The Morgan fingerprint density at radius 3 is 2.53 bits per heavy atom. The number of aromatic nitrogens is 6. The highest BCUT2D eigenvalue weighted by Crippen LogP contribution is 2.39. The fourth-order valence-corrected chi connectivity index (χ4v) is 5.73. The monoisotopic (exact) mass is 566 g/mol. The number of rotatable bonds is 4. The van der Waals surface area contributed by atoms with Gasteiger partial charge in [0.25, 0.3) is 0 Å². The maximum atomic E-state index is 10.6. The standard InChI is InChI=1S/C21H21ClN8S.C2HF3O2/c1-2-14-17(22)16-19(27-14)28-21(29-20(16)30-9-11-6-23-7-12(11)10-30)31-13-5-15-18(26-8-13)25-4-3-24-15;3-2(4,5)1(6)7/h3-5,8,11-12,23H,2,6-7,9-10H2,1H3,(H,27,28,29);(H,6,7). The van der Waals surface area contributed by atoms with Crippen molar-refractivity contribution in [3.8, 4) is 0 Å². The number of pyridine rings is 1. The maximum absolute atomic E-state index is 10.6. The number of fused-ring (bicyclic) bond motifs is 3. The minimum Gasteiger partial charge on any atom is -0.475 e. The predicted molar refractivity (Wildman–Crippen MR) is 135 cm³/mol. The zero-order valence-electron chi connectivity index (χ0n) is 20.0. The SMILES string of the molecule is CCc1[nH]c2nc(Sc3cnc4nccnc4c3)nc(N3CC4CNCC4C3)c2c1Cl.O=C(O)C(F)(F)F. The first kappa shape index (κ1) is 26.4. The zero-order valence-corrected chi connectivity index (χ0v) is 21.5. The lowest BCUT2D eigenvalue weighted by Gasteiger charge is -2.20. The fourth-order valence-electron chi connectivity index (χ4n) is 4.62. The summed E-state index contributed by atoms with van der Waals surface area (Å²) in [6, 6.07) is 1.97. The minimum absolute atomic E-state index is 0.630. The number of nitrogens with one attached hydrogen (secondary N) is 2. The van der Waals surface area contributed by atoms with Gasteiger partial charge in [-0.25, -0.2) is 24.7 Å². The van der Waals surface area contributed by atoms with Crippen LogP contribution in [0.4, 0.5) is 19.0 Å². The molecule has 38 heavy (non-hydrogen) atoms. The molecule has 2 fully saturated rings. The second-order valence-corrected chi connectivity index (χ2v) is 10.3. The van der Waals surface area contributed by atoms with Crippen molar-refractivity contribution in [2.45, 2.75) is 29.6 Å². The summed E-state index contributed by atoms with van der Waals surface area (Å²) in [5, 5.41) is 13.0. The van der Waals surface area contributed by atoms with E-state index in [4.69, 9.17) is 31.5 Å². The van der Waals surface area contributed by atoms with E-state index in [2.05, 4.69) is 37.1 Å². The van der Waals surface area contributed by atoms with E-state index in [0.717, 1.165) is 70.6 Å². The zero-order chi connectivity index (χ0) is 27.0. The molecule has 0 radical (unpaired) electrons. The molecular formula is C23H22ClF3N8O2S. The molecule has 6 heterocycles. The van der Waals surface area contributed by atoms with Gasteiger partial charge in [-0.15, -0.1) is 0 Å². The van der Waals surface area contributed by atoms with Crippen LogP contribution in [0, 0.1) is 11.8 Å². The van der Waals surface area contributed by atoms with Gasteiger partial charge in [0.15, 0.2) is 10.8 Å². The van der Waals surface area contributed by atoms with Crippen molar-refractivity contribution in [1.29, 1.82) is 0 Å². The lowest BCUT2D eigenvalue weighted by atomic mass is 10.0. The first-order valence-electron chi connectivity index (χ1n) is 11.7. The molecule has 0 amide bonds. The molecule has 0 aromatic carbocycles. The number of carbonyl (C=O) groups is 1. The van der Waals surface area contributed by atoms with Gasteiger partial charge >= 0.3 is 12.1 Å². The number of carboxylic acid groups (broad SMARTS) is 1. The smallest absolute Gasteiger partial charge is 0.475 e. The number of carboxylic acids is 1. The number of hydrogen-bond donors (Lipinski definition) is 3. The third-order valence-electron chi connectivity index (χ3n) is 6.42. The molecule has 2 unspecified atom stereocenters. The number of nitrogens with zero attached hydrogens (tertiary/aromatic N) is 6. The number of halogens is 4. The largest absolute Gasteiger partial charge is 0.490 e. The van der Waals surface area contributed by atoms with Crippen LogP contribution < -0.4 is 10.2 Å². The van der Waals surface area contributed by atoms with Gasteiger partial charge in [0.1, 0.15) is 17.0 Å². The van der Waals surface area contributed by atoms with E-state index in [0.29, 0.717) is 22.6 Å². The Hall–Kier alpha value is -3.23. The van der Waals surface area contributed by atoms with E-state index < -0.39 is 12.1 Å². The third kappa shape index (κ3) is 5.33. The van der Waals surface area contributed by atoms with E-state index in [-0.39, 0.29) is 0 Å². The van der Waals surface area contributed by atoms with Crippen LogP contribution in [0.15, 0.2) is 34.7 Å². The van der Waals surface area contributed by atoms with Crippen molar-refractivity contribution < 1.29 is 23.1 Å². The highest BCUT2D eigenvalue weighted by Gasteiger charge is 2.39. The van der Waals surface area contributed by atoms with Crippen LogP contribution in [0.1, 0.15) is 12.6 Å². The Bertz CT molecular complexity index is 1490. The lowest BCUT2D eigenvalue weighted by Crippen LogP contribution is -2.26. The lowest BCUT2D eigenvalue weighted by molar-refractivity contribution is -0.192. The van der Waals surface area contributed by atoms with Gasteiger partial charge in [-0.1, -0.05) is 18.5 Å². The molecule has 0 bridgehead atoms. The van der Waals surface area contributed by atoms with Gasteiger partial charge in [-0.05, 0) is 36.1 Å². The van der Waals surface area contributed by atoms with Gasteiger partial charge in [0.2, 0.25) is 0 Å². The molecule has 2 aliphatic rings. The van der Waals surface area contributed by atoms with Crippen molar-refractivity contribution in [2.24, 2.45) is 11.8 Å². The van der Waals surface area contributed by atoms with Crippen molar-refractivity contribution >= 4 is 57.3 Å². The van der Waals surface area contributed by atoms with Crippen molar-refractivity contribution in [1.82, 2.24) is 35.2 Å². The highest BCUT2D eigenvalue weighted by atomic mass is 35.5. The molecule has 15 heteroatoms. The summed E-state index contributed by atoms with van der Waals surface area (Å²) < 4.78 is 31.7. The van der Waals surface area contributed by atoms with Crippen LogP contribution in [0.3, 0.4) is 0 Å². The quantitative estimate of drug-likeness (QED) is 0.312. The van der Waals surface area contributed by atoms with Crippen LogP contribution >= 0.6 is 23.4 Å². The Morgan fingerprint density at radius 2 is 1.87 bits per heavy atom. The average Bonchev–Trinajstić information content (AvgIpc) is 3.57. The van der Waals surface area contributed by atoms with Gasteiger partial charge in [0.05, 0.1) is 10.4 Å². The molecule has 2 atom stereocenters. The number of aromatic amines is 1. The van der Waals surface area contributed by atoms with E-state index in [1.54, 1.807) is 18.6 Å². The molecule has 0 saturated carbocycles. The maximum Gasteiger partial charge on any atom is 0.490 e.